The third kappa shape index (κ3) is 3.56. The van der Waals surface area contributed by atoms with E-state index in [1.54, 1.807) is 0 Å². The van der Waals surface area contributed by atoms with Gasteiger partial charge in [0, 0.05) is 23.7 Å². The average Bonchev–Trinajstić information content (AvgIpc) is 2.77. The molecule has 0 spiro atoms. The molecule has 2 rings (SSSR count). The maximum Gasteiger partial charge on any atom is 0.0779 e. The van der Waals surface area contributed by atoms with E-state index in [4.69, 9.17) is 4.74 Å². The number of nitrogens with one attached hydrogen (secondary N) is 1. The quantitative estimate of drug-likeness (QED) is 0.885. The molecule has 1 aliphatic heterocycles. The molecule has 0 radical (unpaired) electrons. The van der Waals surface area contributed by atoms with Gasteiger partial charge in [0.2, 0.25) is 0 Å². The molecule has 1 fully saturated rings. The van der Waals surface area contributed by atoms with Crippen LogP contribution in [0.2, 0.25) is 0 Å². The van der Waals surface area contributed by atoms with Gasteiger partial charge in [-0.15, -0.1) is 0 Å². The minimum absolute atomic E-state index is 0.0272. The normalized spacial score (nSPS) is 25.3. The lowest BCUT2D eigenvalue weighted by Crippen LogP contribution is -2.38. The molecule has 0 amide bonds. The first-order valence-electron chi connectivity index (χ1n) is 6.76. The monoisotopic (exact) mass is 311 g/mol. The summed E-state index contributed by atoms with van der Waals surface area (Å²) in [6.07, 6.45) is 3.44. The number of benzene rings is 1. The Morgan fingerprint density at radius 1 is 1.50 bits per heavy atom. The highest BCUT2D eigenvalue weighted by Crippen LogP contribution is 2.26. The van der Waals surface area contributed by atoms with Gasteiger partial charge in [0.25, 0.3) is 0 Å². The van der Waals surface area contributed by atoms with Gasteiger partial charge in [-0.1, -0.05) is 35.0 Å². The van der Waals surface area contributed by atoms with E-state index in [0.717, 1.165) is 30.5 Å². The zero-order valence-electron chi connectivity index (χ0n) is 11.2. The number of hydrogen-bond acceptors (Lipinski definition) is 2. The van der Waals surface area contributed by atoms with Crippen LogP contribution in [-0.4, -0.2) is 18.8 Å². The zero-order valence-corrected chi connectivity index (χ0v) is 12.8. The van der Waals surface area contributed by atoms with E-state index in [1.165, 1.54) is 12.0 Å². The molecule has 1 saturated heterocycles. The van der Waals surface area contributed by atoms with Crippen LogP contribution in [-0.2, 0) is 4.74 Å². The molecule has 100 valence electrons. The maximum absolute atomic E-state index is 5.82. The molecular formula is C15H22BrNO. The van der Waals surface area contributed by atoms with Crippen molar-refractivity contribution in [3.63, 3.8) is 0 Å². The van der Waals surface area contributed by atoms with Crippen LogP contribution in [0.5, 0.6) is 0 Å². The van der Waals surface area contributed by atoms with E-state index in [0.29, 0.717) is 6.04 Å². The summed E-state index contributed by atoms with van der Waals surface area (Å²) in [4.78, 5) is 0. The van der Waals surface area contributed by atoms with Crippen LogP contribution in [0.4, 0.5) is 0 Å². The molecule has 2 atom stereocenters. The molecule has 1 aromatic rings. The highest BCUT2D eigenvalue weighted by Gasteiger charge is 2.30. The number of ether oxygens (including phenoxy) is 1. The summed E-state index contributed by atoms with van der Waals surface area (Å²) in [6, 6.07) is 8.95. The Labute approximate surface area is 118 Å². The van der Waals surface area contributed by atoms with Gasteiger partial charge in [0.15, 0.2) is 0 Å². The van der Waals surface area contributed by atoms with Gasteiger partial charge in [0.05, 0.1) is 5.60 Å². The fourth-order valence-electron chi connectivity index (χ4n) is 2.54. The highest BCUT2D eigenvalue weighted by molar-refractivity contribution is 9.10. The molecule has 1 aromatic carbocycles. The van der Waals surface area contributed by atoms with Gasteiger partial charge in [-0.25, -0.2) is 0 Å². The van der Waals surface area contributed by atoms with Crippen LogP contribution in [0.25, 0.3) is 0 Å². The van der Waals surface area contributed by atoms with Crippen LogP contribution >= 0.6 is 15.9 Å². The molecule has 0 saturated carbocycles. The van der Waals surface area contributed by atoms with Crippen molar-refractivity contribution in [2.45, 2.75) is 44.8 Å². The van der Waals surface area contributed by atoms with Crippen LogP contribution in [0, 0.1) is 0 Å². The molecule has 0 aliphatic carbocycles. The molecule has 18 heavy (non-hydrogen) atoms. The zero-order chi connectivity index (χ0) is 13.0. The molecule has 2 nitrogen and oxygen atoms in total. The fourth-order valence-corrected chi connectivity index (χ4v) is 2.95. The van der Waals surface area contributed by atoms with Crippen molar-refractivity contribution in [2.24, 2.45) is 0 Å². The Morgan fingerprint density at radius 2 is 2.33 bits per heavy atom. The summed E-state index contributed by atoms with van der Waals surface area (Å²) in [5.41, 5.74) is 1.37. The third-order valence-corrected chi connectivity index (χ3v) is 4.18. The van der Waals surface area contributed by atoms with Crippen LogP contribution < -0.4 is 5.32 Å². The van der Waals surface area contributed by atoms with Crippen LogP contribution in [0.15, 0.2) is 28.7 Å². The predicted molar refractivity (Wildman–Crippen MR) is 78.8 cm³/mol. The lowest BCUT2D eigenvalue weighted by Gasteiger charge is -2.27. The van der Waals surface area contributed by atoms with Crippen molar-refractivity contribution in [3.05, 3.63) is 34.3 Å². The average molecular weight is 312 g/mol. The lowest BCUT2D eigenvalue weighted by molar-refractivity contribution is 0.0186. The second-order valence-electron chi connectivity index (χ2n) is 5.30. The summed E-state index contributed by atoms with van der Waals surface area (Å²) < 4.78 is 6.97. The van der Waals surface area contributed by atoms with Crippen LogP contribution in [0.1, 0.15) is 44.7 Å². The first kappa shape index (κ1) is 14.0. The van der Waals surface area contributed by atoms with Crippen molar-refractivity contribution in [1.82, 2.24) is 5.32 Å². The smallest absolute Gasteiger partial charge is 0.0779 e. The van der Waals surface area contributed by atoms with Crippen molar-refractivity contribution in [2.75, 3.05) is 13.2 Å². The summed E-state index contributed by atoms with van der Waals surface area (Å²) in [5, 5.41) is 3.65. The standard InChI is InChI=1S/C15H22BrNO/c1-3-14(12-6-4-7-13(16)10-12)17-11-15(2)8-5-9-18-15/h4,6-7,10,14,17H,3,5,8-9,11H2,1-2H3. The van der Waals surface area contributed by atoms with Crippen molar-refractivity contribution >= 4 is 15.9 Å². The van der Waals surface area contributed by atoms with E-state index in [2.05, 4.69) is 59.4 Å². The van der Waals surface area contributed by atoms with Gasteiger partial charge in [0.1, 0.15) is 0 Å². The van der Waals surface area contributed by atoms with E-state index < -0.39 is 0 Å². The summed E-state index contributed by atoms with van der Waals surface area (Å²) in [6.45, 7) is 6.26. The molecule has 0 bridgehead atoms. The Kier molecular flexibility index (Phi) is 4.82. The molecule has 1 N–H and O–H groups in total. The first-order chi connectivity index (χ1) is 8.63. The fraction of sp³-hybridized carbons (Fsp3) is 0.600. The minimum atomic E-state index is 0.0272. The van der Waals surface area contributed by atoms with E-state index >= 15 is 0 Å². The lowest BCUT2D eigenvalue weighted by atomic mass is 10.00. The SMILES string of the molecule is CCC(NCC1(C)CCCO1)c1cccc(Br)c1. The molecule has 3 heteroatoms. The van der Waals surface area contributed by atoms with Gasteiger partial charge < -0.3 is 10.1 Å². The van der Waals surface area contributed by atoms with Crippen molar-refractivity contribution in [3.8, 4) is 0 Å². The van der Waals surface area contributed by atoms with E-state index in [9.17, 15) is 0 Å². The number of hydrogen-bond donors (Lipinski definition) is 1. The Hall–Kier alpha value is -0.380. The van der Waals surface area contributed by atoms with E-state index in [1.807, 2.05) is 0 Å². The summed E-state index contributed by atoms with van der Waals surface area (Å²) >= 11 is 3.54. The van der Waals surface area contributed by atoms with Gasteiger partial charge in [-0.05, 0) is 43.9 Å². The van der Waals surface area contributed by atoms with Gasteiger partial charge in [-0.2, -0.15) is 0 Å². The topological polar surface area (TPSA) is 21.3 Å². The van der Waals surface area contributed by atoms with Gasteiger partial charge >= 0.3 is 0 Å². The summed E-state index contributed by atoms with van der Waals surface area (Å²) in [7, 11) is 0. The minimum Gasteiger partial charge on any atom is -0.374 e. The maximum atomic E-state index is 5.82. The van der Waals surface area contributed by atoms with Crippen molar-refractivity contribution in [1.29, 1.82) is 0 Å². The summed E-state index contributed by atoms with van der Waals surface area (Å²) in [5.74, 6) is 0. The van der Waals surface area contributed by atoms with Crippen LogP contribution in [0.3, 0.4) is 0 Å². The third-order valence-electron chi connectivity index (χ3n) is 3.68. The second kappa shape index (κ2) is 6.18. The second-order valence-corrected chi connectivity index (χ2v) is 6.21. The first-order valence-corrected chi connectivity index (χ1v) is 7.55. The van der Waals surface area contributed by atoms with E-state index in [-0.39, 0.29) is 5.60 Å². The molecule has 1 heterocycles. The molecule has 1 aliphatic rings. The van der Waals surface area contributed by atoms with Crippen molar-refractivity contribution < 1.29 is 4.74 Å². The largest absolute Gasteiger partial charge is 0.374 e. The molecule has 2 unspecified atom stereocenters. The molecular weight excluding hydrogens is 290 g/mol. The Morgan fingerprint density at radius 3 is 2.94 bits per heavy atom. The Balaban J connectivity index is 1.97. The number of halogens is 1. The Bertz CT molecular complexity index is 388. The number of rotatable bonds is 5. The predicted octanol–water partition coefficient (Wildman–Crippen LogP) is 4.06. The van der Waals surface area contributed by atoms with Gasteiger partial charge in [-0.3, -0.25) is 0 Å². The molecule has 0 aromatic heterocycles. The highest BCUT2D eigenvalue weighted by atomic mass is 79.9.